The van der Waals surface area contributed by atoms with Crippen molar-refractivity contribution in [3.05, 3.63) is 291 Å². The minimum atomic E-state index is 0.635. The van der Waals surface area contributed by atoms with E-state index in [1.165, 1.54) is 16.7 Å². The van der Waals surface area contributed by atoms with Gasteiger partial charge in [-0.2, -0.15) is 0 Å². The second-order valence-electron chi connectivity index (χ2n) is 19.7. The molecule has 0 spiro atoms. The van der Waals surface area contributed by atoms with Crippen LogP contribution in [-0.4, -0.2) is 19.9 Å². The van der Waals surface area contributed by atoms with Crippen LogP contribution in [0.3, 0.4) is 0 Å². The average molecular weight is 993 g/mol. The van der Waals surface area contributed by atoms with Gasteiger partial charge in [0.15, 0.2) is 5.82 Å². The lowest BCUT2D eigenvalue weighted by molar-refractivity contribution is 1.23. The lowest BCUT2D eigenvalue weighted by Crippen LogP contribution is -1.98. The molecular formula is C74H48N4. The lowest BCUT2D eigenvalue weighted by atomic mass is 9.92. The summed E-state index contributed by atoms with van der Waals surface area (Å²) in [4.78, 5) is 21.5. The molecule has 0 aliphatic carbocycles. The van der Waals surface area contributed by atoms with Crippen molar-refractivity contribution < 1.29 is 0 Å². The molecule has 0 amide bonds. The molecule has 0 radical (unpaired) electrons. The SMILES string of the molecule is c1ccc(-c2ccc(-c3cc(-c4ccc(-c5ccccc5)cc4)c4nc(-c5ccc(-c6cc(-c7ccccc7)c7ccccc7n6)cc5)nc(-c5ccc(-c6cc(-c7ccccc7)c7ccccc7n6)cc5)c4c3)cc2)cc1. The Morgan fingerprint density at radius 3 is 1.01 bits per heavy atom. The van der Waals surface area contributed by atoms with E-state index in [0.717, 1.165) is 122 Å². The molecule has 3 aromatic heterocycles. The molecule has 0 unspecified atom stereocenters. The summed E-state index contributed by atoms with van der Waals surface area (Å²) in [5, 5.41) is 3.20. The number of aromatic nitrogens is 4. The molecule has 0 aliphatic rings. The molecule has 0 aliphatic heterocycles. The van der Waals surface area contributed by atoms with E-state index in [0.29, 0.717) is 5.82 Å². The second kappa shape index (κ2) is 20.0. The Kier molecular flexibility index (Phi) is 11.8. The monoisotopic (exact) mass is 992 g/mol. The molecule has 78 heavy (non-hydrogen) atoms. The van der Waals surface area contributed by atoms with Gasteiger partial charge in [0.25, 0.3) is 0 Å². The summed E-state index contributed by atoms with van der Waals surface area (Å²) in [5.74, 6) is 0.635. The van der Waals surface area contributed by atoms with E-state index in [2.05, 4.69) is 291 Å². The number of hydrogen-bond donors (Lipinski definition) is 0. The maximum Gasteiger partial charge on any atom is 0.160 e. The van der Waals surface area contributed by atoms with Gasteiger partial charge in [-0.3, -0.25) is 0 Å². The first-order chi connectivity index (χ1) is 38.6. The van der Waals surface area contributed by atoms with Gasteiger partial charge in [0.1, 0.15) is 0 Å². The zero-order chi connectivity index (χ0) is 51.8. The van der Waals surface area contributed by atoms with Crippen molar-refractivity contribution in [2.75, 3.05) is 0 Å². The van der Waals surface area contributed by atoms with E-state index < -0.39 is 0 Å². The second-order valence-corrected chi connectivity index (χ2v) is 19.7. The maximum atomic E-state index is 5.57. The minimum absolute atomic E-state index is 0.635. The van der Waals surface area contributed by atoms with Crippen LogP contribution in [0.5, 0.6) is 0 Å². The molecule has 3 heterocycles. The predicted molar refractivity (Wildman–Crippen MR) is 325 cm³/mol. The van der Waals surface area contributed by atoms with Crippen LogP contribution in [0, 0.1) is 0 Å². The molecule has 4 nitrogen and oxygen atoms in total. The van der Waals surface area contributed by atoms with Crippen molar-refractivity contribution in [2.45, 2.75) is 0 Å². The summed E-state index contributed by atoms with van der Waals surface area (Å²) < 4.78 is 0. The molecule has 14 rings (SSSR count). The highest BCUT2D eigenvalue weighted by Gasteiger charge is 2.20. The van der Waals surface area contributed by atoms with Gasteiger partial charge in [0.2, 0.25) is 0 Å². The first-order valence-electron chi connectivity index (χ1n) is 26.4. The van der Waals surface area contributed by atoms with Crippen LogP contribution in [0.2, 0.25) is 0 Å². The van der Waals surface area contributed by atoms with E-state index in [9.17, 15) is 0 Å². The van der Waals surface area contributed by atoms with Crippen molar-refractivity contribution in [3.63, 3.8) is 0 Å². The largest absolute Gasteiger partial charge is 0.248 e. The van der Waals surface area contributed by atoms with Crippen LogP contribution in [-0.2, 0) is 0 Å². The molecule has 0 saturated heterocycles. The Hall–Kier alpha value is -10.4. The van der Waals surface area contributed by atoms with Gasteiger partial charge in [0, 0.05) is 44.0 Å². The molecule has 14 aromatic rings. The standard InChI is InChI=1S/C74H48N4/c1-5-17-49(18-6-1)51-29-31-53(32-30-51)61-45-66(56-35-33-52(34-36-56)50-19-7-2-8-20-50)73-67(46-61)72(59-41-37-57(38-42-59)70-47-64(54-21-9-3-10-22-54)62-25-13-15-27-68(62)75-70)77-74(78-73)60-43-39-58(40-44-60)71-48-65(55-23-11-4-12-24-55)63-26-14-16-28-69(63)76-71/h1-48H. The number of rotatable bonds is 10. The number of nitrogens with zero attached hydrogens (tertiary/aromatic N) is 4. The van der Waals surface area contributed by atoms with Gasteiger partial charge in [-0.25, -0.2) is 19.9 Å². The first kappa shape index (κ1) is 46.1. The topological polar surface area (TPSA) is 51.6 Å². The summed E-state index contributed by atoms with van der Waals surface area (Å²) >= 11 is 0. The summed E-state index contributed by atoms with van der Waals surface area (Å²) in [6.07, 6.45) is 0. The van der Waals surface area contributed by atoms with Gasteiger partial charge in [-0.05, 0) is 97.6 Å². The first-order valence-corrected chi connectivity index (χ1v) is 26.4. The molecule has 0 saturated carbocycles. The van der Waals surface area contributed by atoms with Gasteiger partial charge in [0.05, 0.1) is 33.6 Å². The molecule has 0 fully saturated rings. The zero-order valence-corrected chi connectivity index (χ0v) is 42.5. The lowest BCUT2D eigenvalue weighted by Gasteiger charge is -2.16. The third-order valence-corrected chi connectivity index (χ3v) is 14.9. The molecular weight excluding hydrogens is 945 g/mol. The van der Waals surface area contributed by atoms with E-state index in [1.807, 2.05) is 0 Å². The van der Waals surface area contributed by atoms with E-state index in [-0.39, 0.29) is 0 Å². The molecule has 4 heteroatoms. The smallest absolute Gasteiger partial charge is 0.160 e. The predicted octanol–water partition coefficient (Wildman–Crippen LogP) is 19.4. The van der Waals surface area contributed by atoms with Crippen molar-refractivity contribution in [1.29, 1.82) is 0 Å². The number of hydrogen-bond acceptors (Lipinski definition) is 4. The molecule has 0 atom stereocenters. The van der Waals surface area contributed by atoms with Crippen LogP contribution in [0.4, 0.5) is 0 Å². The molecule has 364 valence electrons. The van der Waals surface area contributed by atoms with Crippen molar-refractivity contribution in [3.8, 4) is 112 Å². The van der Waals surface area contributed by atoms with Gasteiger partial charge < -0.3 is 0 Å². The minimum Gasteiger partial charge on any atom is -0.248 e. The Labute approximate surface area is 453 Å². The van der Waals surface area contributed by atoms with Crippen LogP contribution in [0.1, 0.15) is 0 Å². The fourth-order valence-corrected chi connectivity index (χ4v) is 10.9. The number of fused-ring (bicyclic) bond motifs is 3. The summed E-state index contributed by atoms with van der Waals surface area (Å²) in [7, 11) is 0. The molecule has 0 bridgehead atoms. The van der Waals surface area contributed by atoms with Crippen LogP contribution in [0.25, 0.3) is 145 Å². The summed E-state index contributed by atoms with van der Waals surface area (Å²) in [6.45, 7) is 0. The number of pyridine rings is 2. The van der Waals surface area contributed by atoms with Crippen LogP contribution in [0.15, 0.2) is 291 Å². The fourth-order valence-electron chi connectivity index (χ4n) is 10.9. The van der Waals surface area contributed by atoms with Crippen molar-refractivity contribution >= 4 is 32.7 Å². The Balaban J connectivity index is 0.943. The van der Waals surface area contributed by atoms with E-state index >= 15 is 0 Å². The molecule has 0 N–H and O–H groups in total. The Morgan fingerprint density at radius 1 is 0.192 bits per heavy atom. The highest BCUT2D eigenvalue weighted by molar-refractivity contribution is 6.05. The van der Waals surface area contributed by atoms with Crippen LogP contribution >= 0.6 is 0 Å². The Bertz CT molecular complexity index is 4470. The zero-order valence-electron chi connectivity index (χ0n) is 42.5. The van der Waals surface area contributed by atoms with E-state index in [1.54, 1.807) is 0 Å². The average Bonchev–Trinajstić information content (AvgIpc) is 3.55. The quantitative estimate of drug-likeness (QED) is 0.137. The normalized spacial score (nSPS) is 11.3. The maximum absolute atomic E-state index is 5.57. The van der Waals surface area contributed by atoms with Gasteiger partial charge in [-0.15, -0.1) is 0 Å². The highest BCUT2D eigenvalue weighted by atomic mass is 14.9. The summed E-state index contributed by atoms with van der Waals surface area (Å²) in [5.41, 5.74) is 22.9. The third kappa shape index (κ3) is 8.87. The number of benzene rings is 11. The van der Waals surface area contributed by atoms with Crippen LogP contribution < -0.4 is 0 Å². The van der Waals surface area contributed by atoms with E-state index in [4.69, 9.17) is 19.9 Å². The third-order valence-electron chi connectivity index (χ3n) is 14.9. The Morgan fingerprint density at radius 2 is 0.538 bits per heavy atom. The number of para-hydroxylation sites is 2. The van der Waals surface area contributed by atoms with Gasteiger partial charge in [-0.1, -0.05) is 255 Å². The van der Waals surface area contributed by atoms with Gasteiger partial charge >= 0.3 is 0 Å². The highest BCUT2D eigenvalue weighted by Crippen LogP contribution is 2.41. The summed E-state index contributed by atoms with van der Waals surface area (Å²) in [6, 6.07) is 103. The fraction of sp³-hybridized carbons (Fsp3) is 0. The van der Waals surface area contributed by atoms with Crippen molar-refractivity contribution in [1.82, 2.24) is 19.9 Å². The van der Waals surface area contributed by atoms with Crippen molar-refractivity contribution in [2.24, 2.45) is 0 Å². The molecule has 11 aromatic carbocycles.